The number of nitrogens with zero attached hydrogens (tertiary/aromatic N) is 3. The quantitative estimate of drug-likeness (QED) is 0.585. The summed E-state index contributed by atoms with van der Waals surface area (Å²) in [6.45, 7) is 0.340. The summed E-state index contributed by atoms with van der Waals surface area (Å²) in [6.07, 6.45) is 2.42. The van der Waals surface area contributed by atoms with E-state index < -0.39 is 24.0 Å². The van der Waals surface area contributed by atoms with Crippen molar-refractivity contribution >= 4 is 18.0 Å². The minimum atomic E-state index is -1.01. The van der Waals surface area contributed by atoms with E-state index in [-0.39, 0.29) is 31.5 Å². The van der Waals surface area contributed by atoms with Crippen molar-refractivity contribution < 1.29 is 24.2 Å². The number of aliphatic carboxylic acids is 1. The average molecular weight is 460 g/mol. The van der Waals surface area contributed by atoms with Crippen LogP contribution in [0.2, 0.25) is 0 Å². The van der Waals surface area contributed by atoms with Crippen LogP contribution < -0.4 is 5.32 Å². The fourth-order valence-corrected chi connectivity index (χ4v) is 4.63. The van der Waals surface area contributed by atoms with Crippen molar-refractivity contribution in [2.24, 2.45) is 13.0 Å². The van der Waals surface area contributed by atoms with E-state index >= 15 is 0 Å². The van der Waals surface area contributed by atoms with Crippen molar-refractivity contribution in [3.8, 4) is 11.1 Å². The predicted octanol–water partition coefficient (Wildman–Crippen LogP) is 2.54. The highest BCUT2D eigenvalue weighted by Gasteiger charge is 2.40. The maximum atomic E-state index is 13.1. The predicted molar refractivity (Wildman–Crippen MR) is 122 cm³/mol. The maximum Gasteiger partial charge on any atom is 0.408 e. The second-order valence-corrected chi connectivity index (χ2v) is 8.63. The highest BCUT2D eigenvalue weighted by atomic mass is 16.5. The number of benzene rings is 2. The summed E-state index contributed by atoms with van der Waals surface area (Å²) in [5.41, 5.74) is 4.94. The van der Waals surface area contributed by atoms with Crippen LogP contribution in [-0.2, 0) is 21.4 Å². The molecule has 1 aliphatic carbocycles. The molecule has 9 nitrogen and oxygen atoms in total. The van der Waals surface area contributed by atoms with Crippen LogP contribution in [0.15, 0.2) is 60.9 Å². The first-order chi connectivity index (χ1) is 16.4. The summed E-state index contributed by atoms with van der Waals surface area (Å²) in [4.78, 5) is 38.4. The van der Waals surface area contributed by atoms with E-state index in [1.807, 2.05) is 36.4 Å². The highest BCUT2D eigenvalue weighted by Crippen LogP contribution is 2.44. The zero-order valence-electron chi connectivity index (χ0n) is 18.5. The molecule has 2 amide bonds. The Balaban J connectivity index is 1.29. The topological polar surface area (TPSA) is 114 Å². The molecule has 34 heavy (non-hydrogen) atoms. The van der Waals surface area contributed by atoms with Crippen molar-refractivity contribution in [3.63, 3.8) is 0 Å². The number of carboxylic acids is 1. The van der Waals surface area contributed by atoms with Crippen molar-refractivity contribution in [2.75, 3.05) is 19.7 Å². The van der Waals surface area contributed by atoms with Gasteiger partial charge < -0.3 is 20.1 Å². The molecule has 3 aromatic rings. The van der Waals surface area contributed by atoms with E-state index in [0.29, 0.717) is 5.56 Å². The second kappa shape index (κ2) is 8.66. The number of hydrogen-bond acceptors (Lipinski definition) is 5. The number of fused-ring (bicyclic) bond motifs is 3. The Morgan fingerprint density at radius 3 is 2.26 bits per heavy atom. The van der Waals surface area contributed by atoms with E-state index in [1.165, 1.54) is 15.8 Å². The first-order valence-corrected chi connectivity index (χ1v) is 11.0. The number of rotatable bonds is 6. The van der Waals surface area contributed by atoms with Crippen molar-refractivity contribution in [1.29, 1.82) is 0 Å². The zero-order chi connectivity index (χ0) is 23.8. The third-order valence-electron chi connectivity index (χ3n) is 6.45. The van der Waals surface area contributed by atoms with E-state index in [1.54, 1.807) is 13.2 Å². The molecule has 2 heterocycles. The molecule has 5 rings (SSSR count). The standard InChI is InChI=1S/C25H24N4O5/c1-28-11-15(10-26-28)22(23(30)29-12-16(13-29)24(31)32)27-25(33)34-14-21-19-8-4-2-6-17(19)18-7-3-5-9-20(18)21/h2-11,16,21-22H,12-14H2,1H3,(H,27,33)(H,31,32). The van der Waals surface area contributed by atoms with Gasteiger partial charge in [0.05, 0.1) is 12.1 Å². The third-order valence-corrected chi connectivity index (χ3v) is 6.45. The molecule has 1 aliphatic heterocycles. The number of carbonyl (C=O) groups excluding carboxylic acids is 2. The molecule has 0 spiro atoms. The summed E-state index contributed by atoms with van der Waals surface area (Å²) in [5, 5.41) is 15.9. The Labute approximate surface area is 195 Å². The van der Waals surface area contributed by atoms with E-state index in [4.69, 9.17) is 9.84 Å². The molecule has 0 radical (unpaired) electrons. The van der Waals surface area contributed by atoms with Crippen LogP contribution >= 0.6 is 0 Å². The SMILES string of the molecule is Cn1cc(C(NC(=O)OCC2c3ccccc3-c3ccccc32)C(=O)N2CC(C(=O)O)C2)cn1. The van der Waals surface area contributed by atoms with Gasteiger partial charge >= 0.3 is 12.1 Å². The van der Waals surface area contributed by atoms with Gasteiger partial charge in [-0.25, -0.2) is 4.79 Å². The number of amides is 2. The number of hydrogen-bond donors (Lipinski definition) is 2. The Hall–Kier alpha value is -4.14. The normalized spacial score (nSPS) is 15.7. The van der Waals surface area contributed by atoms with Gasteiger partial charge in [0.15, 0.2) is 0 Å². The number of ether oxygens (including phenoxy) is 1. The lowest BCUT2D eigenvalue weighted by molar-refractivity contribution is -0.153. The number of nitrogens with one attached hydrogen (secondary N) is 1. The van der Waals surface area contributed by atoms with Gasteiger partial charge in [0.1, 0.15) is 12.6 Å². The van der Waals surface area contributed by atoms with Crippen LogP contribution in [0.4, 0.5) is 4.79 Å². The van der Waals surface area contributed by atoms with Gasteiger partial charge in [-0.15, -0.1) is 0 Å². The van der Waals surface area contributed by atoms with Gasteiger partial charge in [-0.3, -0.25) is 14.3 Å². The van der Waals surface area contributed by atoms with Gasteiger partial charge in [0, 0.05) is 37.8 Å². The molecule has 1 unspecified atom stereocenters. The van der Waals surface area contributed by atoms with Gasteiger partial charge in [-0.05, 0) is 22.3 Å². The molecule has 1 atom stereocenters. The summed E-state index contributed by atoms with van der Waals surface area (Å²) < 4.78 is 7.13. The monoisotopic (exact) mass is 460 g/mol. The molecule has 2 aliphatic rings. The van der Waals surface area contributed by atoms with Crippen molar-refractivity contribution in [3.05, 3.63) is 77.6 Å². The van der Waals surface area contributed by atoms with E-state index in [9.17, 15) is 14.4 Å². The minimum Gasteiger partial charge on any atom is -0.481 e. The molecule has 2 N–H and O–H groups in total. The molecule has 0 saturated carbocycles. The second-order valence-electron chi connectivity index (χ2n) is 8.63. The lowest BCUT2D eigenvalue weighted by Crippen LogP contribution is -2.56. The Morgan fingerprint density at radius 1 is 1.09 bits per heavy atom. The molecular weight excluding hydrogens is 436 g/mol. The number of aromatic nitrogens is 2. The molecule has 1 saturated heterocycles. The van der Waals surface area contributed by atoms with Gasteiger partial charge in [0.25, 0.3) is 0 Å². The molecule has 1 aromatic heterocycles. The third kappa shape index (κ3) is 3.89. The van der Waals surface area contributed by atoms with Gasteiger partial charge in [-0.2, -0.15) is 5.10 Å². The molecular formula is C25H24N4O5. The molecule has 1 fully saturated rings. The maximum absolute atomic E-state index is 13.1. The lowest BCUT2D eigenvalue weighted by Gasteiger charge is -2.38. The molecule has 0 bridgehead atoms. The van der Waals surface area contributed by atoms with Crippen LogP contribution in [0.5, 0.6) is 0 Å². The molecule has 2 aromatic carbocycles. The molecule has 174 valence electrons. The smallest absolute Gasteiger partial charge is 0.408 e. The Kier molecular flexibility index (Phi) is 5.53. The molecule has 9 heteroatoms. The van der Waals surface area contributed by atoms with E-state index in [2.05, 4.69) is 22.5 Å². The largest absolute Gasteiger partial charge is 0.481 e. The number of carboxylic acid groups (broad SMARTS) is 1. The number of likely N-dealkylation sites (tertiary alicyclic amines) is 1. The average Bonchev–Trinajstić information content (AvgIpc) is 3.36. The number of carbonyl (C=O) groups is 3. The Morgan fingerprint density at radius 2 is 1.71 bits per heavy atom. The summed E-state index contributed by atoms with van der Waals surface area (Å²) in [6, 6.07) is 15.1. The van der Waals surface area contributed by atoms with Crippen molar-refractivity contribution in [1.82, 2.24) is 20.0 Å². The van der Waals surface area contributed by atoms with Crippen LogP contribution in [0.1, 0.15) is 28.7 Å². The summed E-state index contributed by atoms with van der Waals surface area (Å²) >= 11 is 0. The number of alkyl carbamates (subject to hydrolysis) is 1. The first kappa shape index (κ1) is 21.7. The lowest BCUT2D eigenvalue weighted by atomic mass is 9.98. The fourth-order valence-electron chi connectivity index (χ4n) is 4.63. The van der Waals surface area contributed by atoms with Crippen LogP contribution in [-0.4, -0.2) is 57.5 Å². The van der Waals surface area contributed by atoms with E-state index in [0.717, 1.165) is 22.3 Å². The van der Waals surface area contributed by atoms with Gasteiger partial charge in [-0.1, -0.05) is 48.5 Å². The van der Waals surface area contributed by atoms with Crippen LogP contribution in [0.3, 0.4) is 0 Å². The summed E-state index contributed by atoms with van der Waals surface area (Å²) in [7, 11) is 1.71. The summed E-state index contributed by atoms with van der Waals surface area (Å²) in [5.74, 6) is -2.02. The first-order valence-electron chi connectivity index (χ1n) is 11.0. The fraction of sp³-hybridized carbons (Fsp3) is 0.280. The zero-order valence-corrected chi connectivity index (χ0v) is 18.5. The van der Waals surface area contributed by atoms with Gasteiger partial charge in [0.2, 0.25) is 5.91 Å². The van der Waals surface area contributed by atoms with Crippen molar-refractivity contribution in [2.45, 2.75) is 12.0 Å². The highest BCUT2D eigenvalue weighted by molar-refractivity contribution is 5.89. The van der Waals surface area contributed by atoms with Crippen LogP contribution in [0, 0.1) is 5.92 Å². The Bertz CT molecular complexity index is 1220. The van der Waals surface area contributed by atoms with Crippen LogP contribution in [0.25, 0.3) is 11.1 Å². The number of aryl methyl sites for hydroxylation is 1. The minimum absolute atomic E-state index is 0.0996.